The molecule has 3 unspecified atom stereocenters. The van der Waals surface area contributed by atoms with Gasteiger partial charge in [-0.15, -0.1) is 0 Å². The lowest BCUT2D eigenvalue weighted by molar-refractivity contribution is 0.137. The Labute approximate surface area is 103 Å². The Bertz CT molecular complexity index is 171. The molecule has 1 saturated carbocycles. The highest BCUT2D eigenvalue weighted by Gasteiger charge is 2.29. The average molecular weight is 224 g/mol. The van der Waals surface area contributed by atoms with Gasteiger partial charge in [-0.1, -0.05) is 72.6 Å². The fraction of sp³-hybridized carbons (Fsp3) is 1.00. The van der Waals surface area contributed by atoms with Crippen LogP contribution in [0, 0.1) is 23.7 Å². The largest absolute Gasteiger partial charge is 0.0654 e. The maximum absolute atomic E-state index is 2.50. The summed E-state index contributed by atoms with van der Waals surface area (Å²) < 4.78 is 0. The number of unbranched alkanes of at least 4 members (excludes halogenated alkanes) is 1. The van der Waals surface area contributed by atoms with Crippen LogP contribution in [-0.2, 0) is 0 Å². The highest BCUT2D eigenvalue weighted by atomic mass is 14.3. The molecular weight excluding hydrogens is 192 g/mol. The minimum Gasteiger partial charge on any atom is -0.0654 e. The molecule has 0 bridgehead atoms. The first kappa shape index (κ1) is 14.1. The topological polar surface area (TPSA) is 0 Å². The third-order valence-electron chi connectivity index (χ3n) is 4.58. The van der Waals surface area contributed by atoms with E-state index in [-0.39, 0.29) is 0 Å². The molecule has 96 valence electrons. The fourth-order valence-electron chi connectivity index (χ4n) is 3.47. The maximum Gasteiger partial charge on any atom is -0.0360 e. The average Bonchev–Trinajstić information content (AvgIpc) is 2.24. The zero-order valence-electron chi connectivity index (χ0n) is 12.0. The summed E-state index contributed by atoms with van der Waals surface area (Å²) in [6, 6.07) is 0. The summed E-state index contributed by atoms with van der Waals surface area (Å²) >= 11 is 0. The van der Waals surface area contributed by atoms with Crippen molar-refractivity contribution in [3.63, 3.8) is 0 Å². The molecule has 1 rings (SSSR count). The Hall–Kier alpha value is 0. The highest BCUT2D eigenvalue weighted by molar-refractivity contribution is 4.80. The third kappa shape index (κ3) is 4.47. The molecule has 0 radical (unpaired) electrons. The zero-order valence-corrected chi connectivity index (χ0v) is 12.0. The van der Waals surface area contributed by atoms with Crippen LogP contribution in [0.15, 0.2) is 0 Å². The molecule has 0 aromatic heterocycles. The minimum atomic E-state index is 0.890. The van der Waals surface area contributed by atoms with Gasteiger partial charge in [-0.3, -0.25) is 0 Å². The van der Waals surface area contributed by atoms with Crippen LogP contribution >= 0.6 is 0 Å². The van der Waals surface area contributed by atoms with E-state index in [0.717, 1.165) is 23.7 Å². The van der Waals surface area contributed by atoms with Crippen molar-refractivity contribution in [1.29, 1.82) is 0 Å². The molecule has 0 aromatic carbocycles. The second kappa shape index (κ2) is 7.35. The van der Waals surface area contributed by atoms with Gasteiger partial charge in [0.2, 0.25) is 0 Å². The van der Waals surface area contributed by atoms with Crippen molar-refractivity contribution in [2.45, 2.75) is 79.1 Å². The molecule has 1 aliphatic carbocycles. The van der Waals surface area contributed by atoms with Gasteiger partial charge < -0.3 is 0 Å². The lowest BCUT2D eigenvalue weighted by atomic mass is 9.69. The minimum absolute atomic E-state index is 0.890. The Balaban J connectivity index is 2.43. The van der Waals surface area contributed by atoms with Crippen molar-refractivity contribution in [3.05, 3.63) is 0 Å². The molecule has 1 fully saturated rings. The summed E-state index contributed by atoms with van der Waals surface area (Å²) in [5.41, 5.74) is 0. The zero-order chi connectivity index (χ0) is 12.0. The third-order valence-corrected chi connectivity index (χ3v) is 4.58. The van der Waals surface area contributed by atoms with E-state index in [1.165, 1.54) is 51.4 Å². The summed E-state index contributed by atoms with van der Waals surface area (Å²) in [6.45, 7) is 9.57. The molecule has 0 heterocycles. The van der Waals surface area contributed by atoms with Crippen LogP contribution < -0.4 is 0 Å². The maximum atomic E-state index is 2.50. The van der Waals surface area contributed by atoms with Gasteiger partial charge in [0, 0.05) is 0 Å². The Kier molecular flexibility index (Phi) is 6.46. The van der Waals surface area contributed by atoms with Crippen molar-refractivity contribution in [2.75, 3.05) is 0 Å². The SMILES string of the molecule is CCCCC1CCCC(C)C1CCC(C)C. The van der Waals surface area contributed by atoms with Crippen molar-refractivity contribution < 1.29 is 0 Å². The molecule has 0 aromatic rings. The van der Waals surface area contributed by atoms with E-state index in [4.69, 9.17) is 0 Å². The van der Waals surface area contributed by atoms with Gasteiger partial charge in [-0.05, 0) is 30.1 Å². The second-order valence-corrected chi connectivity index (χ2v) is 6.45. The first-order chi connectivity index (χ1) is 7.65. The molecule has 0 amide bonds. The number of hydrogen-bond acceptors (Lipinski definition) is 0. The van der Waals surface area contributed by atoms with Gasteiger partial charge in [0.25, 0.3) is 0 Å². The Morgan fingerprint density at radius 1 is 1.12 bits per heavy atom. The molecule has 0 N–H and O–H groups in total. The van der Waals surface area contributed by atoms with Crippen LogP contribution in [0.4, 0.5) is 0 Å². The van der Waals surface area contributed by atoms with Gasteiger partial charge in [-0.2, -0.15) is 0 Å². The van der Waals surface area contributed by atoms with Crippen LogP contribution in [0.1, 0.15) is 79.1 Å². The van der Waals surface area contributed by atoms with Crippen LogP contribution in [0.5, 0.6) is 0 Å². The molecule has 1 aliphatic rings. The predicted octanol–water partition coefficient (Wildman–Crippen LogP) is 5.67. The second-order valence-electron chi connectivity index (χ2n) is 6.45. The van der Waals surface area contributed by atoms with E-state index in [9.17, 15) is 0 Å². The summed E-state index contributed by atoms with van der Waals surface area (Å²) in [7, 11) is 0. The molecule has 0 nitrogen and oxygen atoms in total. The van der Waals surface area contributed by atoms with Crippen molar-refractivity contribution >= 4 is 0 Å². The molecule has 0 aliphatic heterocycles. The van der Waals surface area contributed by atoms with Crippen molar-refractivity contribution in [3.8, 4) is 0 Å². The van der Waals surface area contributed by atoms with E-state index in [1.807, 2.05) is 0 Å². The van der Waals surface area contributed by atoms with Crippen LogP contribution in [0.3, 0.4) is 0 Å². The van der Waals surface area contributed by atoms with E-state index in [1.54, 1.807) is 0 Å². The summed E-state index contributed by atoms with van der Waals surface area (Å²) in [4.78, 5) is 0. The van der Waals surface area contributed by atoms with Gasteiger partial charge >= 0.3 is 0 Å². The normalized spacial score (nSPS) is 30.9. The monoisotopic (exact) mass is 224 g/mol. The van der Waals surface area contributed by atoms with Crippen molar-refractivity contribution in [2.24, 2.45) is 23.7 Å². The number of hydrogen-bond donors (Lipinski definition) is 0. The lowest BCUT2D eigenvalue weighted by Crippen LogP contribution is -2.27. The highest BCUT2D eigenvalue weighted by Crippen LogP contribution is 2.40. The van der Waals surface area contributed by atoms with E-state index in [2.05, 4.69) is 27.7 Å². The first-order valence-electron chi connectivity index (χ1n) is 7.65. The Morgan fingerprint density at radius 3 is 2.50 bits per heavy atom. The molecule has 0 spiro atoms. The van der Waals surface area contributed by atoms with Crippen LogP contribution in [-0.4, -0.2) is 0 Å². The van der Waals surface area contributed by atoms with Gasteiger partial charge in [-0.25, -0.2) is 0 Å². The molecule has 16 heavy (non-hydrogen) atoms. The van der Waals surface area contributed by atoms with E-state index >= 15 is 0 Å². The standard InChI is InChI=1S/C16H32/c1-5-6-9-15-10-7-8-14(4)16(15)12-11-13(2)3/h13-16H,5-12H2,1-4H3. The molecule has 3 atom stereocenters. The smallest absolute Gasteiger partial charge is 0.0360 e. The van der Waals surface area contributed by atoms with E-state index < -0.39 is 0 Å². The molecule has 0 saturated heterocycles. The lowest BCUT2D eigenvalue weighted by Gasteiger charge is -2.37. The summed E-state index contributed by atoms with van der Waals surface area (Å²) in [6.07, 6.45) is 11.8. The first-order valence-corrected chi connectivity index (χ1v) is 7.65. The van der Waals surface area contributed by atoms with E-state index in [0.29, 0.717) is 0 Å². The Morgan fingerprint density at radius 2 is 1.88 bits per heavy atom. The summed E-state index contributed by atoms with van der Waals surface area (Å²) in [5.74, 6) is 3.99. The van der Waals surface area contributed by atoms with Gasteiger partial charge in [0.15, 0.2) is 0 Å². The summed E-state index contributed by atoms with van der Waals surface area (Å²) in [5, 5.41) is 0. The molecule has 0 heteroatoms. The van der Waals surface area contributed by atoms with Gasteiger partial charge in [0.1, 0.15) is 0 Å². The van der Waals surface area contributed by atoms with Crippen molar-refractivity contribution in [1.82, 2.24) is 0 Å². The van der Waals surface area contributed by atoms with Gasteiger partial charge in [0.05, 0.1) is 0 Å². The number of rotatable bonds is 6. The van der Waals surface area contributed by atoms with Crippen LogP contribution in [0.2, 0.25) is 0 Å². The predicted molar refractivity (Wildman–Crippen MR) is 73.6 cm³/mol. The van der Waals surface area contributed by atoms with Crippen LogP contribution in [0.25, 0.3) is 0 Å². The fourth-order valence-corrected chi connectivity index (χ4v) is 3.47. The molecular formula is C16H32. The quantitative estimate of drug-likeness (QED) is 0.545.